The maximum Gasteiger partial charge on any atom is 0.184 e. The molecule has 2 aromatic carbocycles. The summed E-state index contributed by atoms with van der Waals surface area (Å²) in [4.78, 5) is 2.32. The van der Waals surface area contributed by atoms with Crippen LogP contribution in [0.4, 0.5) is 11.4 Å². The molecule has 109 valence electrons. The molecule has 0 N–H and O–H groups in total. The molecule has 1 radical (unpaired) electrons. The van der Waals surface area contributed by atoms with Crippen molar-refractivity contribution in [2.75, 3.05) is 19.1 Å². The predicted octanol–water partition coefficient (Wildman–Crippen LogP) is 4.19. The molecule has 21 heavy (non-hydrogen) atoms. The van der Waals surface area contributed by atoms with Gasteiger partial charge in [-0.1, -0.05) is 24.3 Å². The zero-order chi connectivity index (χ0) is 14.8. The summed E-state index contributed by atoms with van der Waals surface area (Å²) in [5.41, 5.74) is 3.12. The Kier molecular flexibility index (Phi) is 3.74. The van der Waals surface area contributed by atoms with Crippen molar-refractivity contribution >= 4 is 11.4 Å². The second kappa shape index (κ2) is 5.68. The van der Waals surface area contributed by atoms with Gasteiger partial charge in [-0.05, 0) is 43.5 Å². The summed E-state index contributed by atoms with van der Waals surface area (Å²) in [5, 5.41) is 0. The van der Waals surface area contributed by atoms with Gasteiger partial charge in [-0.2, -0.15) is 0 Å². The molecule has 1 aliphatic carbocycles. The Morgan fingerprint density at radius 1 is 1.00 bits per heavy atom. The lowest BCUT2D eigenvalue weighted by Gasteiger charge is -2.29. The third-order valence-electron chi connectivity index (χ3n) is 3.79. The van der Waals surface area contributed by atoms with Gasteiger partial charge in [0.2, 0.25) is 0 Å². The standard InChI is InChI=1S/C18H20NO2/c1-13-9-12-16(20-2)18(21-3)17(13)19(15-10-11-15)14-7-5-4-6-8-14/h4-9,12,15H,1,10-11H2,2-3H3. The summed E-state index contributed by atoms with van der Waals surface area (Å²) in [7, 11) is 3.34. The highest BCUT2D eigenvalue weighted by atomic mass is 16.5. The summed E-state index contributed by atoms with van der Waals surface area (Å²) in [6.45, 7) is 4.18. The van der Waals surface area contributed by atoms with Crippen molar-refractivity contribution in [3.05, 3.63) is 55.0 Å². The minimum Gasteiger partial charge on any atom is -0.493 e. The van der Waals surface area contributed by atoms with Crippen molar-refractivity contribution in [3.63, 3.8) is 0 Å². The Labute approximate surface area is 126 Å². The van der Waals surface area contributed by atoms with E-state index in [1.54, 1.807) is 14.2 Å². The molecule has 0 aromatic heterocycles. The van der Waals surface area contributed by atoms with Crippen LogP contribution in [0.15, 0.2) is 42.5 Å². The molecule has 3 rings (SSSR count). The number of ether oxygens (including phenoxy) is 2. The van der Waals surface area contributed by atoms with E-state index >= 15 is 0 Å². The average molecular weight is 282 g/mol. The molecule has 0 saturated heterocycles. The quantitative estimate of drug-likeness (QED) is 0.821. The van der Waals surface area contributed by atoms with Crippen molar-refractivity contribution < 1.29 is 9.47 Å². The topological polar surface area (TPSA) is 21.7 Å². The van der Waals surface area contributed by atoms with E-state index in [9.17, 15) is 0 Å². The summed E-state index contributed by atoms with van der Waals surface area (Å²) in [6.07, 6.45) is 2.38. The van der Waals surface area contributed by atoms with Crippen LogP contribution >= 0.6 is 0 Å². The monoisotopic (exact) mass is 282 g/mol. The van der Waals surface area contributed by atoms with Gasteiger partial charge < -0.3 is 14.4 Å². The zero-order valence-corrected chi connectivity index (χ0v) is 12.5. The maximum absolute atomic E-state index is 5.62. The van der Waals surface area contributed by atoms with Gasteiger partial charge in [-0.25, -0.2) is 0 Å². The molecule has 2 aromatic rings. The summed E-state index contributed by atoms with van der Waals surface area (Å²) < 4.78 is 11.1. The lowest BCUT2D eigenvalue weighted by molar-refractivity contribution is 0.355. The number of anilines is 2. The lowest BCUT2D eigenvalue weighted by atomic mass is 10.1. The molecular weight excluding hydrogens is 262 g/mol. The van der Waals surface area contributed by atoms with E-state index in [2.05, 4.69) is 36.1 Å². The van der Waals surface area contributed by atoms with Gasteiger partial charge in [0.1, 0.15) is 0 Å². The molecule has 0 unspecified atom stereocenters. The van der Waals surface area contributed by atoms with Gasteiger partial charge in [-0.3, -0.25) is 0 Å². The first kappa shape index (κ1) is 13.8. The van der Waals surface area contributed by atoms with Gasteiger partial charge in [0.15, 0.2) is 11.5 Å². The number of nitrogens with zero attached hydrogens (tertiary/aromatic N) is 1. The lowest BCUT2D eigenvalue weighted by Crippen LogP contribution is -2.21. The molecule has 1 fully saturated rings. The highest BCUT2D eigenvalue weighted by molar-refractivity contribution is 5.77. The van der Waals surface area contributed by atoms with Crippen molar-refractivity contribution in [3.8, 4) is 11.5 Å². The molecule has 3 nitrogen and oxygen atoms in total. The molecule has 1 aliphatic rings. The second-order valence-electron chi connectivity index (χ2n) is 5.25. The largest absolute Gasteiger partial charge is 0.493 e. The highest BCUT2D eigenvalue weighted by Gasteiger charge is 2.33. The molecule has 0 aliphatic heterocycles. The number of rotatable bonds is 5. The van der Waals surface area contributed by atoms with E-state index in [1.807, 2.05) is 18.2 Å². The molecule has 0 bridgehead atoms. The zero-order valence-electron chi connectivity index (χ0n) is 12.5. The summed E-state index contributed by atoms with van der Waals surface area (Å²) >= 11 is 0. The SMILES string of the molecule is [CH2]c1ccc(OC)c(OC)c1N(c1ccccc1)C1CC1. The van der Waals surface area contributed by atoms with Gasteiger partial charge in [0.25, 0.3) is 0 Å². The van der Waals surface area contributed by atoms with Crippen molar-refractivity contribution in [2.45, 2.75) is 18.9 Å². The van der Waals surface area contributed by atoms with Crippen LogP contribution in [0.5, 0.6) is 11.5 Å². The number of para-hydroxylation sites is 1. The van der Waals surface area contributed by atoms with E-state index in [0.717, 1.165) is 28.4 Å². The van der Waals surface area contributed by atoms with Crippen LogP contribution in [-0.2, 0) is 0 Å². The van der Waals surface area contributed by atoms with Gasteiger partial charge in [-0.15, -0.1) is 0 Å². The normalized spacial score (nSPS) is 13.9. The fourth-order valence-corrected chi connectivity index (χ4v) is 2.66. The van der Waals surface area contributed by atoms with Crippen LogP contribution in [-0.4, -0.2) is 20.3 Å². The molecule has 0 spiro atoms. The predicted molar refractivity (Wildman–Crippen MR) is 85.6 cm³/mol. The third kappa shape index (κ3) is 2.56. The van der Waals surface area contributed by atoms with E-state index in [0.29, 0.717) is 6.04 Å². The highest BCUT2D eigenvalue weighted by Crippen LogP contribution is 2.47. The number of hydrogen-bond acceptors (Lipinski definition) is 3. The Morgan fingerprint density at radius 3 is 2.29 bits per heavy atom. The van der Waals surface area contributed by atoms with E-state index in [-0.39, 0.29) is 0 Å². The maximum atomic E-state index is 5.62. The van der Waals surface area contributed by atoms with Crippen LogP contribution in [0, 0.1) is 6.92 Å². The number of methoxy groups -OCH3 is 2. The fourth-order valence-electron chi connectivity index (χ4n) is 2.66. The minimum absolute atomic E-state index is 0.508. The molecule has 0 heterocycles. The summed E-state index contributed by atoms with van der Waals surface area (Å²) in [5.74, 6) is 1.49. The van der Waals surface area contributed by atoms with E-state index < -0.39 is 0 Å². The smallest absolute Gasteiger partial charge is 0.184 e. The molecule has 0 atom stereocenters. The molecular formula is C18H20NO2. The minimum atomic E-state index is 0.508. The Balaban J connectivity index is 2.16. The van der Waals surface area contributed by atoms with Crippen LogP contribution in [0.1, 0.15) is 18.4 Å². The molecule has 1 saturated carbocycles. The Hall–Kier alpha value is -2.16. The Bertz CT molecular complexity index is 621. The van der Waals surface area contributed by atoms with Crippen LogP contribution < -0.4 is 14.4 Å². The van der Waals surface area contributed by atoms with Crippen molar-refractivity contribution in [1.82, 2.24) is 0 Å². The van der Waals surface area contributed by atoms with Crippen molar-refractivity contribution in [1.29, 1.82) is 0 Å². The number of hydrogen-bond donors (Lipinski definition) is 0. The van der Waals surface area contributed by atoms with Crippen LogP contribution in [0.25, 0.3) is 0 Å². The van der Waals surface area contributed by atoms with E-state index in [1.165, 1.54) is 12.8 Å². The van der Waals surface area contributed by atoms with E-state index in [4.69, 9.17) is 9.47 Å². The van der Waals surface area contributed by atoms with Gasteiger partial charge >= 0.3 is 0 Å². The first-order valence-corrected chi connectivity index (χ1v) is 7.17. The first-order chi connectivity index (χ1) is 10.3. The van der Waals surface area contributed by atoms with Crippen LogP contribution in [0.2, 0.25) is 0 Å². The fraction of sp³-hybridized carbons (Fsp3) is 0.278. The number of benzene rings is 2. The van der Waals surface area contributed by atoms with Crippen molar-refractivity contribution in [2.24, 2.45) is 0 Å². The molecule has 3 heteroatoms. The Morgan fingerprint density at radius 2 is 1.71 bits per heavy atom. The average Bonchev–Trinajstić information content (AvgIpc) is 3.35. The van der Waals surface area contributed by atoms with Gasteiger partial charge in [0, 0.05) is 11.7 Å². The third-order valence-corrected chi connectivity index (χ3v) is 3.79. The molecule has 0 amide bonds. The van der Waals surface area contributed by atoms with Crippen LogP contribution in [0.3, 0.4) is 0 Å². The first-order valence-electron chi connectivity index (χ1n) is 7.17. The van der Waals surface area contributed by atoms with Gasteiger partial charge in [0.05, 0.1) is 19.9 Å². The second-order valence-corrected chi connectivity index (χ2v) is 5.25. The summed E-state index contributed by atoms with van der Waals surface area (Å²) in [6, 6.07) is 14.8.